The Kier molecular flexibility index (Phi) is 6.28. The Morgan fingerprint density at radius 2 is 1.76 bits per heavy atom. The third-order valence-corrected chi connectivity index (χ3v) is 4.66. The molecule has 3 amide bonds. The molecule has 0 spiro atoms. The van der Waals surface area contributed by atoms with Crippen LogP contribution in [-0.4, -0.2) is 61.1 Å². The SMILES string of the molecule is O=C(NCCOCc1ccccc1)N1CCCN(C(=O)C2CC2)CC1. The molecule has 0 bridgehead atoms. The zero-order chi connectivity index (χ0) is 17.5. The van der Waals surface area contributed by atoms with Crippen molar-refractivity contribution in [3.63, 3.8) is 0 Å². The van der Waals surface area contributed by atoms with E-state index in [0.29, 0.717) is 39.4 Å². The van der Waals surface area contributed by atoms with Crippen LogP contribution in [0.4, 0.5) is 4.79 Å². The van der Waals surface area contributed by atoms with Gasteiger partial charge in [-0.15, -0.1) is 0 Å². The normalized spacial score (nSPS) is 17.9. The first kappa shape index (κ1) is 17.7. The number of rotatable bonds is 6. The van der Waals surface area contributed by atoms with Gasteiger partial charge in [0.1, 0.15) is 0 Å². The molecule has 1 saturated carbocycles. The summed E-state index contributed by atoms with van der Waals surface area (Å²) >= 11 is 0. The molecule has 6 heteroatoms. The summed E-state index contributed by atoms with van der Waals surface area (Å²) < 4.78 is 5.58. The van der Waals surface area contributed by atoms with Crippen molar-refractivity contribution in [2.24, 2.45) is 5.92 Å². The third kappa shape index (κ3) is 5.46. The van der Waals surface area contributed by atoms with Crippen LogP contribution in [-0.2, 0) is 16.1 Å². The summed E-state index contributed by atoms with van der Waals surface area (Å²) in [5.41, 5.74) is 1.13. The van der Waals surface area contributed by atoms with Crippen LogP contribution in [0.3, 0.4) is 0 Å². The summed E-state index contributed by atoms with van der Waals surface area (Å²) in [4.78, 5) is 28.1. The molecule has 1 saturated heterocycles. The van der Waals surface area contributed by atoms with Crippen molar-refractivity contribution in [1.29, 1.82) is 0 Å². The second-order valence-electron chi connectivity index (χ2n) is 6.71. The Bertz CT molecular complexity index is 575. The Morgan fingerprint density at radius 1 is 1.04 bits per heavy atom. The molecule has 0 aromatic heterocycles. The molecule has 2 fully saturated rings. The summed E-state index contributed by atoms with van der Waals surface area (Å²) in [5.74, 6) is 0.527. The Balaban J connectivity index is 1.32. The molecule has 1 N–H and O–H groups in total. The van der Waals surface area contributed by atoms with Crippen LogP contribution in [0.2, 0.25) is 0 Å². The molecule has 1 aliphatic heterocycles. The standard InChI is InChI=1S/C19H27N3O3/c23-18(17-7-8-17)21-10-4-11-22(13-12-21)19(24)20-9-14-25-15-16-5-2-1-3-6-16/h1-3,5-6,17H,4,7-15H2,(H,20,24). The van der Waals surface area contributed by atoms with E-state index in [-0.39, 0.29) is 17.9 Å². The van der Waals surface area contributed by atoms with Crippen molar-refractivity contribution in [1.82, 2.24) is 15.1 Å². The molecular formula is C19H27N3O3. The van der Waals surface area contributed by atoms with Crippen molar-refractivity contribution in [2.75, 3.05) is 39.3 Å². The number of hydrogen-bond acceptors (Lipinski definition) is 3. The van der Waals surface area contributed by atoms with Gasteiger partial charge >= 0.3 is 6.03 Å². The minimum absolute atomic E-state index is 0.0657. The van der Waals surface area contributed by atoms with E-state index in [1.165, 1.54) is 0 Å². The van der Waals surface area contributed by atoms with Crippen molar-refractivity contribution in [3.8, 4) is 0 Å². The molecule has 6 nitrogen and oxygen atoms in total. The number of amides is 3. The average molecular weight is 345 g/mol. The quantitative estimate of drug-likeness (QED) is 0.801. The number of ether oxygens (including phenoxy) is 1. The Morgan fingerprint density at radius 3 is 2.52 bits per heavy atom. The van der Waals surface area contributed by atoms with E-state index in [2.05, 4.69) is 5.32 Å². The fourth-order valence-corrected chi connectivity index (χ4v) is 3.04. The van der Waals surface area contributed by atoms with Gasteiger partial charge in [-0.3, -0.25) is 4.79 Å². The van der Waals surface area contributed by atoms with Gasteiger partial charge < -0.3 is 19.9 Å². The smallest absolute Gasteiger partial charge is 0.317 e. The first-order valence-electron chi connectivity index (χ1n) is 9.17. The second kappa shape index (κ2) is 8.85. The van der Waals surface area contributed by atoms with E-state index < -0.39 is 0 Å². The van der Waals surface area contributed by atoms with Crippen LogP contribution in [0.15, 0.2) is 30.3 Å². The van der Waals surface area contributed by atoms with Crippen LogP contribution < -0.4 is 5.32 Å². The number of benzene rings is 1. The van der Waals surface area contributed by atoms with E-state index in [9.17, 15) is 9.59 Å². The van der Waals surface area contributed by atoms with Crippen molar-refractivity contribution in [3.05, 3.63) is 35.9 Å². The number of hydrogen-bond donors (Lipinski definition) is 1. The molecular weight excluding hydrogens is 318 g/mol. The van der Waals surface area contributed by atoms with E-state index in [4.69, 9.17) is 4.74 Å². The van der Waals surface area contributed by atoms with E-state index >= 15 is 0 Å². The zero-order valence-electron chi connectivity index (χ0n) is 14.7. The summed E-state index contributed by atoms with van der Waals surface area (Å²) in [6.07, 6.45) is 2.90. The highest BCUT2D eigenvalue weighted by Crippen LogP contribution is 2.31. The van der Waals surface area contributed by atoms with E-state index in [0.717, 1.165) is 31.4 Å². The predicted octanol–water partition coefficient (Wildman–Crippen LogP) is 1.86. The van der Waals surface area contributed by atoms with Crippen LogP contribution >= 0.6 is 0 Å². The number of nitrogens with one attached hydrogen (secondary N) is 1. The molecule has 1 aliphatic carbocycles. The first-order chi connectivity index (χ1) is 12.2. The van der Waals surface area contributed by atoms with Gasteiger partial charge in [-0.05, 0) is 24.8 Å². The van der Waals surface area contributed by atoms with Crippen LogP contribution in [0.5, 0.6) is 0 Å². The molecule has 0 atom stereocenters. The fourth-order valence-electron chi connectivity index (χ4n) is 3.04. The summed E-state index contributed by atoms with van der Waals surface area (Å²) in [7, 11) is 0. The zero-order valence-corrected chi connectivity index (χ0v) is 14.7. The van der Waals surface area contributed by atoms with Crippen LogP contribution in [0.1, 0.15) is 24.8 Å². The Hall–Kier alpha value is -2.08. The highest BCUT2D eigenvalue weighted by Gasteiger charge is 2.34. The molecule has 1 aromatic rings. The van der Waals surface area contributed by atoms with Gasteiger partial charge in [0, 0.05) is 38.6 Å². The number of carbonyl (C=O) groups is 2. The van der Waals surface area contributed by atoms with Crippen molar-refractivity contribution in [2.45, 2.75) is 25.9 Å². The second-order valence-corrected chi connectivity index (χ2v) is 6.71. The molecule has 2 aliphatic rings. The summed E-state index contributed by atoms with van der Waals surface area (Å²) in [6, 6.07) is 9.91. The van der Waals surface area contributed by atoms with Gasteiger partial charge in [0.2, 0.25) is 5.91 Å². The molecule has 1 aromatic carbocycles. The molecule has 0 unspecified atom stereocenters. The van der Waals surface area contributed by atoms with Gasteiger partial charge in [0.25, 0.3) is 0 Å². The van der Waals surface area contributed by atoms with Gasteiger partial charge in [0.05, 0.1) is 13.2 Å². The summed E-state index contributed by atoms with van der Waals surface area (Å²) in [6.45, 7) is 4.25. The van der Waals surface area contributed by atoms with Crippen LogP contribution in [0.25, 0.3) is 0 Å². The molecule has 25 heavy (non-hydrogen) atoms. The number of urea groups is 1. The lowest BCUT2D eigenvalue weighted by atomic mass is 10.2. The molecule has 0 radical (unpaired) electrons. The Labute approximate surface area is 149 Å². The van der Waals surface area contributed by atoms with Crippen molar-refractivity contribution < 1.29 is 14.3 Å². The monoisotopic (exact) mass is 345 g/mol. The topological polar surface area (TPSA) is 61.9 Å². The summed E-state index contributed by atoms with van der Waals surface area (Å²) in [5, 5.41) is 2.90. The van der Waals surface area contributed by atoms with Gasteiger partial charge in [0.15, 0.2) is 0 Å². The largest absolute Gasteiger partial charge is 0.375 e. The average Bonchev–Trinajstić information content (AvgIpc) is 3.48. The highest BCUT2D eigenvalue weighted by atomic mass is 16.5. The van der Waals surface area contributed by atoms with Gasteiger partial charge in [-0.1, -0.05) is 30.3 Å². The maximum atomic E-state index is 12.3. The molecule has 1 heterocycles. The maximum Gasteiger partial charge on any atom is 0.317 e. The van der Waals surface area contributed by atoms with Gasteiger partial charge in [-0.25, -0.2) is 4.79 Å². The van der Waals surface area contributed by atoms with Crippen LogP contribution in [0, 0.1) is 5.92 Å². The third-order valence-electron chi connectivity index (χ3n) is 4.66. The minimum atomic E-state index is -0.0657. The maximum absolute atomic E-state index is 12.3. The van der Waals surface area contributed by atoms with E-state index in [1.807, 2.05) is 35.2 Å². The first-order valence-corrected chi connectivity index (χ1v) is 9.17. The number of nitrogens with zero attached hydrogens (tertiary/aromatic N) is 2. The lowest BCUT2D eigenvalue weighted by molar-refractivity contribution is -0.132. The number of carbonyl (C=O) groups excluding carboxylic acids is 2. The lowest BCUT2D eigenvalue weighted by Gasteiger charge is -2.22. The highest BCUT2D eigenvalue weighted by molar-refractivity contribution is 5.81. The predicted molar refractivity (Wildman–Crippen MR) is 95.0 cm³/mol. The molecule has 3 rings (SSSR count). The van der Waals surface area contributed by atoms with Gasteiger partial charge in [-0.2, -0.15) is 0 Å². The fraction of sp³-hybridized carbons (Fsp3) is 0.579. The van der Waals surface area contributed by atoms with E-state index in [1.54, 1.807) is 4.90 Å². The molecule has 136 valence electrons. The lowest BCUT2D eigenvalue weighted by Crippen LogP contribution is -2.43. The van der Waals surface area contributed by atoms with Crippen molar-refractivity contribution >= 4 is 11.9 Å². The minimum Gasteiger partial charge on any atom is -0.375 e.